The van der Waals surface area contributed by atoms with Crippen LogP contribution >= 0.6 is 11.6 Å². The van der Waals surface area contributed by atoms with E-state index in [9.17, 15) is 9.90 Å². The maximum absolute atomic E-state index is 11.7. The van der Waals surface area contributed by atoms with E-state index in [4.69, 9.17) is 16.0 Å². The number of furan rings is 1. The highest BCUT2D eigenvalue weighted by Crippen LogP contribution is 2.16. The van der Waals surface area contributed by atoms with E-state index in [-0.39, 0.29) is 16.9 Å². The molecule has 0 aliphatic carbocycles. The number of carbonyl (C=O) groups is 1. The van der Waals surface area contributed by atoms with Crippen molar-refractivity contribution in [3.8, 4) is 5.75 Å². The van der Waals surface area contributed by atoms with Crippen molar-refractivity contribution in [2.75, 3.05) is 0 Å². The summed E-state index contributed by atoms with van der Waals surface area (Å²) in [4.78, 5) is 11.7. The zero-order valence-electron chi connectivity index (χ0n) is 8.81. The molecule has 0 radical (unpaired) electrons. The Hall–Kier alpha value is -1.94. The van der Waals surface area contributed by atoms with Gasteiger partial charge in [0.15, 0.2) is 0 Å². The zero-order chi connectivity index (χ0) is 12.3. The molecule has 0 fully saturated rings. The van der Waals surface area contributed by atoms with Crippen LogP contribution in [-0.2, 0) is 6.54 Å². The van der Waals surface area contributed by atoms with Crippen LogP contribution in [-0.4, -0.2) is 11.0 Å². The number of hydrogen-bond acceptors (Lipinski definition) is 3. The van der Waals surface area contributed by atoms with Crippen molar-refractivity contribution in [3.05, 3.63) is 52.9 Å². The van der Waals surface area contributed by atoms with Gasteiger partial charge in [-0.25, -0.2) is 0 Å². The minimum absolute atomic E-state index is 0.0680. The smallest absolute Gasteiger partial charge is 0.256 e. The fourth-order valence-electron chi connectivity index (χ4n) is 1.40. The molecule has 2 aromatic rings. The SMILES string of the molecule is O=C(NCc1cccc(O)c1)c1ccoc1Cl. The molecule has 0 aliphatic rings. The number of benzene rings is 1. The number of nitrogens with one attached hydrogen (secondary N) is 1. The van der Waals surface area contributed by atoms with Crippen LogP contribution in [0.3, 0.4) is 0 Å². The van der Waals surface area contributed by atoms with Crippen LogP contribution in [0.1, 0.15) is 15.9 Å². The number of hydrogen-bond donors (Lipinski definition) is 2. The summed E-state index contributed by atoms with van der Waals surface area (Å²) in [6, 6.07) is 8.16. The van der Waals surface area contributed by atoms with Gasteiger partial charge in [0.05, 0.1) is 11.8 Å². The minimum Gasteiger partial charge on any atom is -0.508 e. The maximum atomic E-state index is 11.7. The average molecular weight is 252 g/mol. The van der Waals surface area contributed by atoms with Gasteiger partial charge in [0.25, 0.3) is 5.91 Å². The number of phenolic OH excluding ortho intramolecular Hbond substituents is 1. The zero-order valence-corrected chi connectivity index (χ0v) is 9.57. The lowest BCUT2D eigenvalue weighted by Gasteiger charge is -2.04. The standard InChI is InChI=1S/C12H10ClNO3/c13-11-10(4-5-17-11)12(16)14-7-8-2-1-3-9(15)6-8/h1-6,15H,7H2,(H,14,16). The summed E-state index contributed by atoms with van der Waals surface area (Å²) >= 11 is 5.67. The predicted molar refractivity (Wildman–Crippen MR) is 63.0 cm³/mol. The Morgan fingerprint density at radius 3 is 2.88 bits per heavy atom. The first kappa shape index (κ1) is 11.5. The van der Waals surface area contributed by atoms with Crippen molar-refractivity contribution < 1.29 is 14.3 Å². The summed E-state index contributed by atoms with van der Waals surface area (Å²) < 4.78 is 4.82. The molecule has 1 amide bonds. The van der Waals surface area contributed by atoms with E-state index in [0.717, 1.165) is 5.56 Å². The topological polar surface area (TPSA) is 62.5 Å². The quantitative estimate of drug-likeness (QED) is 0.881. The van der Waals surface area contributed by atoms with E-state index in [2.05, 4.69) is 5.32 Å². The summed E-state index contributed by atoms with van der Waals surface area (Å²) in [6.45, 7) is 0.314. The Kier molecular flexibility index (Phi) is 3.35. The van der Waals surface area contributed by atoms with Crippen molar-refractivity contribution in [3.63, 3.8) is 0 Å². The fourth-order valence-corrected chi connectivity index (χ4v) is 1.60. The Morgan fingerprint density at radius 1 is 1.41 bits per heavy atom. The van der Waals surface area contributed by atoms with Gasteiger partial charge < -0.3 is 14.8 Å². The van der Waals surface area contributed by atoms with Gasteiger partial charge in [-0.3, -0.25) is 4.79 Å². The van der Waals surface area contributed by atoms with Crippen molar-refractivity contribution in [2.45, 2.75) is 6.54 Å². The molecule has 2 rings (SSSR count). The molecule has 0 atom stereocenters. The van der Waals surface area contributed by atoms with Crippen molar-refractivity contribution in [1.29, 1.82) is 0 Å². The maximum Gasteiger partial charge on any atom is 0.256 e. The highest BCUT2D eigenvalue weighted by atomic mass is 35.5. The molecule has 0 saturated carbocycles. The van der Waals surface area contributed by atoms with Gasteiger partial charge in [-0.05, 0) is 35.4 Å². The Labute approximate surface area is 103 Å². The van der Waals surface area contributed by atoms with E-state index in [1.807, 2.05) is 0 Å². The summed E-state index contributed by atoms with van der Waals surface area (Å²) in [7, 11) is 0. The van der Waals surface area contributed by atoms with Crippen LogP contribution in [0.25, 0.3) is 0 Å². The molecule has 5 heteroatoms. The van der Waals surface area contributed by atoms with Crippen LogP contribution in [0.4, 0.5) is 0 Å². The summed E-state index contributed by atoms with van der Waals surface area (Å²) in [5.41, 5.74) is 1.10. The Balaban J connectivity index is 1.99. The van der Waals surface area contributed by atoms with Crippen LogP contribution in [0.2, 0.25) is 5.22 Å². The first-order chi connectivity index (χ1) is 8.16. The molecule has 0 aliphatic heterocycles. The normalized spacial score (nSPS) is 10.2. The predicted octanol–water partition coefficient (Wildman–Crippen LogP) is 2.57. The largest absolute Gasteiger partial charge is 0.508 e. The minimum atomic E-state index is -0.313. The van der Waals surface area contributed by atoms with Gasteiger partial charge in [0.1, 0.15) is 5.75 Å². The van der Waals surface area contributed by atoms with Crippen molar-refractivity contribution >= 4 is 17.5 Å². The Bertz CT molecular complexity index is 536. The summed E-state index contributed by atoms with van der Waals surface area (Å²) in [5, 5.41) is 12.0. The molecule has 1 aromatic carbocycles. The number of amides is 1. The summed E-state index contributed by atoms with van der Waals surface area (Å²) in [6.07, 6.45) is 1.35. The highest BCUT2D eigenvalue weighted by molar-refractivity contribution is 6.32. The number of carbonyl (C=O) groups excluding carboxylic acids is 1. The molecule has 0 spiro atoms. The fraction of sp³-hybridized carbons (Fsp3) is 0.0833. The molecule has 17 heavy (non-hydrogen) atoms. The summed E-state index contributed by atoms with van der Waals surface area (Å²) in [5.74, 6) is -0.148. The van der Waals surface area contributed by atoms with Crippen molar-refractivity contribution in [1.82, 2.24) is 5.32 Å². The lowest BCUT2D eigenvalue weighted by Crippen LogP contribution is -2.22. The lowest BCUT2D eigenvalue weighted by atomic mass is 10.2. The molecular weight excluding hydrogens is 242 g/mol. The van der Waals surface area contributed by atoms with Crippen LogP contribution in [0.15, 0.2) is 41.0 Å². The number of rotatable bonds is 3. The second kappa shape index (κ2) is 4.93. The van der Waals surface area contributed by atoms with Gasteiger partial charge in [-0.1, -0.05) is 12.1 Å². The van der Waals surface area contributed by atoms with Gasteiger partial charge in [-0.15, -0.1) is 0 Å². The molecule has 1 aromatic heterocycles. The van der Waals surface area contributed by atoms with E-state index >= 15 is 0 Å². The lowest BCUT2D eigenvalue weighted by molar-refractivity contribution is 0.0950. The van der Waals surface area contributed by atoms with Gasteiger partial charge >= 0.3 is 0 Å². The number of halogens is 1. The molecule has 4 nitrogen and oxygen atoms in total. The van der Waals surface area contributed by atoms with E-state index in [1.54, 1.807) is 24.3 Å². The second-order valence-electron chi connectivity index (χ2n) is 3.46. The third kappa shape index (κ3) is 2.79. The number of aromatic hydroxyl groups is 1. The van der Waals surface area contributed by atoms with E-state index in [1.165, 1.54) is 12.3 Å². The third-order valence-corrected chi connectivity index (χ3v) is 2.52. The van der Waals surface area contributed by atoms with Crippen LogP contribution < -0.4 is 5.32 Å². The third-order valence-electron chi connectivity index (χ3n) is 2.23. The first-order valence-electron chi connectivity index (χ1n) is 4.96. The molecule has 0 unspecified atom stereocenters. The van der Waals surface area contributed by atoms with Crippen LogP contribution in [0.5, 0.6) is 5.75 Å². The van der Waals surface area contributed by atoms with Gasteiger partial charge in [0.2, 0.25) is 5.22 Å². The van der Waals surface area contributed by atoms with E-state index < -0.39 is 0 Å². The first-order valence-corrected chi connectivity index (χ1v) is 5.33. The molecule has 0 saturated heterocycles. The average Bonchev–Trinajstić information content (AvgIpc) is 2.72. The molecular formula is C12H10ClNO3. The van der Waals surface area contributed by atoms with Crippen LogP contribution in [0, 0.1) is 0 Å². The molecule has 2 N–H and O–H groups in total. The number of phenols is 1. The molecule has 1 heterocycles. The van der Waals surface area contributed by atoms with Gasteiger partial charge in [-0.2, -0.15) is 0 Å². The van der Waals surface area contributed by atoms with Gasteiger partial charge in [0, 0.05) is 6.54 Å². The van der Waals surface area contributed by atoms with Crippen molar-refractivity contribution in [2.24, 2.45) is 0 Å². The molecule has 88 valence electrons. The monoisotopic (exact) mass is 251 g/mol. The second-order valence-corrected chi connectivity index (χ2v) is 3.80. The highest BCUT2D eigenvalue weighted by Gasteiger charge is 2.12. The Morgan fingerprint density at radius 2 is 2.24 bits per heavy atom. The molecule has 0 bridgehead atoms. The van der Waals surface area contributed by atoms with E-state index in [0.29, 0.717) is 12.1 Å².